The number of nitrogens with zero attached hydrogens (tertiary/aromatic N) is 1. The van der Waals surface area contributed by atoms with Gasteiger partial charge < -0.3 is 20.1 Å². The maximum Gasteiger partial charge on any atom is 0.325 e. The van der Waals surface area contributed by atoms with E-state index >= 15 is 0 Å². The molecule has 1 atom stereocenters. The Morgan fingerprint density at radius 1 is 1.21 bits per heavy atom. The van der Waals surface area contributed by atoms with Gasteiger partial charge in [0.05, 0.1) is 0 Å². The Morgan fingerprint density at radius 2 is 1.97 bits per heavy atom. The van der Waals surface area contributed by atoms with Crippen molar-refractivity contribution < 1.29 is 23.9 Å². The van der Waals surface area contributed by atoms with Gasteiger partial charge >= 0.3 is 6.03 Å². The lowest BCUT2D eigenvalue weighted by Crippen LogP contribution is -2.42. The molecule has 0 saturated carbocycles. The van der Waals surface area contributed by atoms with Crippen LogP contribution in [0.2, 0.25) is 5.02 Å². The largest absolute Gasteiger partial charge is 0.454 e. The van der Waals surface area contributed by atoms with Crippen LogP contribution in [0.1, 0.15) is 18.1 Å². The zero-order valence-electron chi connectivity index (χ0n) is 15.7. The summed E-state index contributed by atoms with van der Waals surface area (Å²) in [5.41, 5.74) is 0.577. The summed E-state index contributed by atoms with van der Waals surface area (Å²) in [4.78, 5) is 38.7. The Hall–Kier alpha value is -3.26. The summed E-state index contributed by atoms with van der Waals surface area (Å²) in [6.07, 6.45) is 0. The molecule has 2 aromatic rings. The van der Waals surface area contributed by atoms with Crippen molar-refractivity contribution in [2.75, 3.05) is 18.7 Å². The number of ether oxygens (including phenoxy) is 2. The second-order valence-corrected chi connectivity index (χ2v) is 7.43. The van der Waals surface area contributed by atoms with Crippen LogP contribution in [0.5, 0.6) is 11.5 Å². The summed E-state index contributed by atoms with van der Waals surface area (Å²) >= 11 is 6.06. The lowest BCUT2D eigenvalue weighted by molar-refractivity contribution is -0.133. The Kier molecular flexibility index (Phi) is 4.58. The van der Waals surface area contributed by atoms with Crippen LogP contribution in [0.4, 0.5) is 10.5 Å². The number of carbonyl (C=O) groups is 3. The summed E-state index contributed by atoms with van der Waals surface area (Å²) in [7, 11) is 0. The molecule has 1 saturated heterocycles. The predicted molar refractivity (Wildman–Crippen MR) is 105 cm³/mol. The van der Waals surface area contributed by atoms with E-state index in [9.17, 15) is 14.4 Å². The summed E-state index contributed by atoms with van der Waals surface area (Å²) in [5, 5.41) is 5.82. The molecule has 8 nitrogen and oxygen atoms in total. The van der Waals surface area contributed by atoms with Crippen molar-refractivity contribution in [2.24, 2.45) is 0 Å². The molecule has 4 rings (SSSR count). The maximum atomic E-state index is 13.0. The number of anilines is 1. The van der Waals surface area contributed by atoms with E-state index in [0.717, 1.165) is 10.5 Å². The van der Waals surface area contributed by atoms with Gasteiger partial charge in [-0.15, -0.1) is 0 Å². The molecule has 2 heterocycles. The third kappa shape index (κ3) is 3.36. The van der Waals surface area contributed by atoms with Crippen molar-refractivity contribution in [3.8, 4) is 11.5 Å². The fourth-order valence-corrected chi connectivity index (χ4v) is 3.44. The first-order valence-corrected chi connectivity index (χ1v) is 9.26. The molecule has 29 heavy (non-hydrogen) atoms. The van der Waals surface area contributed by atoms with Gasteiger partial charge in [-0.25, -0.2) is 4.79 Å². The van der Waals surface area contributed by atoms with Crippen molar-refractivity contribution in [1.82, 2.24) is 10.2 Å². The third-order valence-electron chi connectivity index (χ3n) is 4.98. The lowest BCUT2D eigenvalue weighted by atomic mass is 9.91. The summed E-state index contributed by atoms with van der Waals surface area (Å²) in [5.74, 6) is 0.0298. The summed E-state index contributed by atoms with van der Waals surface area (Å²) in [6.45, 7) is 3.11. The Balaban J connectivity index is 1.50. The number of hydrogen-bond acceptors (Lipinski definition) is 5. The second-order valence-electron chi connectivity index (χ2n) is 7.03. The summed E-state index contributed by atoms with van der Waals surface area (Å²) < 4.78 is 10.6. The molecule has 2 aliphatic heterocycles. The van der Waals surface area contributed by atoms with Crippen LogP contribution in [-0.2, 0) is 15.1 Å². The monoisotopic (exact) mass is 415 g/mol. The summed E-state index contributed by atoms with van der Waals surface area (Å²) in [6, 6.07) is 9.44. The first kappa shape index (κ1) is 19.1. The first-order chi connectivity index (χ1) is 13.8. The van der Waals surface area contributed by atoms with Gasteiger partial charge in [0.1, 0.15) is 12.1 Å². The number of rotatable bonds is 4. The van der Waals surface area contributed by atoms with Gasteiger partial charge in [-0.2, -0.15) is 0 Å². The average molecular weight is 416 g/mol. The van der Waals surface area contributed by atoms with E-state index in [1.165, 1.54) is 0 Å². The topological polar surface area (TPSA) is 97.0 Å². The van der Waals surface area contributed by atoms with Crippen LogP contribution in [-0.4, -0.2) is 36.1 Å². The smallest absolute Gasteiger partial charge is 0.325 e. The molecule has 2 N–H and O–H groups in total. The van der Waals surface area contributed by atoms with Crippen LogP contribution in [0.15, 0.2) is 36.4 Å². The number of urea groups is 1. The van der Waals surface area contributed by atoms with E-state index in [1.54, 1.807) is 43.3 Å². The second kappa shape index (κ2) is 6.97. The molecule has 0 aliphatic carbocycles. The number of benzene rings is 2. The Labute approximate surface area is 171 Å². The van der Waals surface area contributed by atoms with E-state index in [2.05, 4.69) is 10.6 Å². The fraction of sp³-hybridized carbons (Fsp3) is 0.250. The van der Waals surface area contributed by atoms with Gasteiger partial charge in [0.25, 0.3) is 5.91 Å². The Morgan fingerprint density at radius 3 is 2.72 bits per heavy atom. The van der Waals surface area contributed by atoms with Gasteiger partial charge in [-0.1, -0.05) is 23.7 Å². The van der Waals surface area contributed by atoms with E-state index in [1.807, 2.05) is 6.92 Å². The van der Waals surface area contributed by atoms with E-state index < -0.39 is 29.9 Å². The first-order valence-electron chi connectivity index (χ1n) is 8.88. The number of hydrogen-bond donors (Lipinski definition) is 2. The molecule has 0 unspecified atom stereocenters. The minimum atomic E-state index is -1.31. The molecule has 0 aromatic heterocycles. The number of amides is 4. The highest BCUT2D eigenvalue weighted by atomic mass is 35.5. The minimum absolute atomic E-state index is 0.102. The van der Waals surface area contributed by atoms with Gasteiger partial charge in [-0.05, 0) is 49.2 Å². The van der Waals surface area contributed by atoms with Crippen molar-refractivity contribution in [3.63, 3.8) is 0 Å². The average Bonchev–Trinajstić information content (AvgIpc) is 3.23. The van der Waals surface area contributed by atoms with Crippen LogP contribution in [0, 0.1) is 6.92 Å². The highest BCUT2D eigenvalue weighted by Gasteiger charge is 2.49. The van der Waals surface area contributed by atoms with Crippen molar-refractivity contribution >= 4 is 35.1 Å². The molecule has 2 aromatic carbocycles. The van der Waals surface area contributed by atoms with Crippen LogP contribution in [0.25, 0.3) is 0 Å². The van der Waals surface area contributed by atoms with Gasteiger partial charge in [-0.3, -0.25) is 14.5 Å². The van der Waals surface area contributed by atoms with Gasteiger partial charge in [0.2, 0.25) is 12.7 Å². The van der Waals surface area contributed by atoms with Crippen LogP contribution in [0.3, 0.4) is 0 Å². The highest BCUT2D eigenvalue weighted by Crippen LogP contribution is 2.37. The van der Waals surface area contributed by atoms with Crippen LogP contribution < -0.4 is 20.1 Å². The van der Waals surface area contributed by atoms with Crippen molar-refractivity contribution in [3.05, 3.63) is 52.5 Å². The Bertz CT molecular complexity index is 1040. The van der Waals surface area contributed by atoms with Crippen molar-refractivity contribution in [1.29, 1.82) is 0 Å². The normalized spacial score (nSPS) is 20.0. The molecule has 4 amide bonds. The standard InChI is InChI=1S/C20H18ClN3O5/c1-11-3-5-13(8-14(11)21)22-17(25)9-24-18(26)20(2,23-19(24)27)12-4-6-15-16(7-12)29-10-28-15/h3-8H,9-10H2,1-2H3,(H,22,25)(H,23,27)/t20-/m0/s1. The number of nitrogens with one attached hydrogen (secondary N) is 2. The van der Waals surface area contributed by atoms with E-state index in [0.29, 0.717) is 27.8 Å². The number of halogens is 1. The van der Waals surface area contributed by atoms with Gasteiger partial charge in [0.15, 0.2) is 11.5 Å². The van der Waals surface area contributed by atoms with Crippen molar-refractivity contribution in [2.45, 2.75) is 19.4 Å². The molecule has 0 radical (unpaired) electrons. The molecule has 0 bridgehead atoms. The number of fused-ring (bicyclic) bond motifs is 1. The highest BCUT2D eigenvalue weighted by molar-refractivity contribution is 6.31. The van der Waals surface area contributed by atoms with E-state index in [4.69, 9.17) is 21.1 Å². The minimum Gasteiger partial charge on any atom is -0.454 e. The predicted octanol–water partition coefficient (Wildman–Crippen LogP) is 2.78. The molecule has 9 heteroatoms. The molecular formula is C20H18ClN3O5. The fourth-order valence-electron chi connectivity index (χ4n) is 3.26. The zero-order chi connectivity index (χ0) is 20.8. The molecule has 2 aliphatic rings. The zero-order valence-corrected chi connectivity index (χ0v) is 16.5. The maximum absolute atomic E-state index is 13.0. The molecular weight excluding hydrogens is 398 g/mol. The number of aryl methyl sites for hydroxylation is 1. The molecule has 1 fully saturated rings. The molecule has 0 spiro atoms. The van der Waals surface area contributed by atoms with E-state index in [-0.39, 0.29) is 6.79 Å². The quantitative estimate of drug-likeness (QED) is 0.748. The number of imide groups is 1. The third-order valence-corrected chi connectivity index (χ3v) is 5.39. The van der Waals surface area contributed by atoms with Crippen LogP contribution >= 0.6 is 11.6 Å². The lowest BCUT2D eigenvalue weighted by Gasteiger charge is -2.22. The molecule has 150 valence electrons. The van der Waals surface area contributed by atoms with Gasteiger partial charge in [0, 0.05) is 10.7 Å². The SMILES string of the molecule is Cc1ccc(NC(=O)CN2C(=O)N[C@@](C)(c3ccc4c(c3)OCO4)C2=O)cc1Cl. The number of carbonyl (C=O) groups excluding carboxylic acids is 3.